The van der Waals surface area contributed by atoms with Crippen molar-refractivity contribution in [3.63, 3.8) is 0 Å². The van der Waals surface area contributed by atoms with E-state index in [-0.39, 0.29) is 52.2 Å². The number of carboxylic acid groups (broad SMARTS) is 1. The van der Waals surface area contributed by atoms with E-state index in [4.69, 9.17) is 20.3 Å². The number of carbonyl (C=O) groups is 2. The first-order valence-electron chi connectivity index (χ1n) is 21.0. The lowest BCUT2D eigenvalue weighted by atomic mass is 9.34. The van der Waals surface area contributed by atoms with Gasteiger partial charge in [0, 0.05) is 17.0 Å². The number of carboxylic acids is 1. The summed E-state index contributed by atoms with van der Waals surface area (Å²) in [7, 11) is 0. The van der Waals surface area contributed by atoms with Gasteiger partial charge in [0.1, 0.15) is 6.33 Å². The summed E-state index contributed by atoms with van der Waals surface area (Å²) in [5.74, 6) is 0.149. The molecule has 4 saturated carbocycles. The fourth-order valence-corrected chi connectivity index (χ4v) is 13.7. The van der Waals surface area contributed by atoms with Gasteiger partial charge in [-0.15, -0.1) is 0 Å². The summed E-state index contributed by atoms with van der Waals surface area (Å²) in [4.78, 5) is 31.8. The van der Waals surface area contributed by atoms with Gasteiger partial charge in [-0.25, -0.2) is 9.67 Å². The fourth-order valence-electron chi connectivity index (χ4n) is 13.7. The molecule has 1 saturated heterocycles. The van der Waals surface area contributed by atoms with Gasteiger partial charge < -0.3 is 25.6 Å². The molecule has 0 unspecified atom stereocenters. The average Bonchev–Trinajstić information content (AvgIpc) is 3.58. The maximum atomic E-state index is 13.7. The van der Waals surface area contributed by atoms with E-state index in [0.29, 0.717) is 43.9 Å². The highest BCUT2D eigenvalue weighted by molar-refractivity contribution is 5.90. The summed E-state index contributed by atoms with van der Waals surface area (Å²) >= 11 is 0. The van der Waals surface area contributed by atoms with Crippen molar-refractivity contribution in [3.8, 4) is 0 Å². The van der Waals surface area contributed by atoms with Crippen molar-refractivity contribution in [3.05, 3.63) is 23.8 Å². The van der Waals surface area contributed by atoms with Gasteiger partial charge in [0.15, 0.2) is 0 Å². The van der Waals surface area contributed by atoms with E-state index in [1.54, 1.807) is 0 Å². The molecular weight excluding hydrogens is 667 g/mol. The first-order chi connectivity index (χ1) is 24.9. The number of rotatable bonds is 9. The lowest BCUT2D eigenvalue weighted by Crippen LogP contribution is -2.70. The Morgan fingerprint density at radius 3 is 2.40 bits per heavy atom. The minimum Gasteiger partial charge on any atom is -0.481 e. The fraction of sp³-hybridized carbons (Fsp3) is 0.860. The van der Waals surface area contributed by atoms with Crippen molar-refractivity contribution < 1.29 is 24.2 Å². The van der Waals surface area contributed by atoms with Crippen LogP contribution in [0.3, 0.4) is 0 Å². The maximum absolute atomic E-state index is 13.7. The normalized spacial score (nSPS) is 42.6. The molecule has 0 radical (unpaired) electrons. The summed E-state index contributed by atoms with van der Waals surface area (Å²) < 4.78 is 16.0. The first kappa shape index (κ1) is 39.0. The highest BCUT2D eigenvalue weighted by Crippen LogP contribution is 2.75. The van der Waals surface area contributed by atoms with Gasteiger partial charge >= 0.3 is 5.97 Å². The van der Waals surface area contributed by atoms with Crippen LogP contribution in [-0.4, -0.2) is 69.3 Å². The Hall–Kier alpha value is -2.30. The van der Waals surface area contributed by atoms with Crippen LogP contribution in [0.15, 0.2) is 18.0 Å². The van der Waals surface area contributed by atoms with Crippen LogP contribution in [0.2, 0.25) is 0 Å². The molecule has 1 aliphatic heterocycles. The number of nitrogens with one attached hydrogen (secondary N) is 1. The molecule has 53 heavy (non-hydrogen) atoms. The predicted octanol–water partition coefficient (Wildman–Crippen LogP) is 7.59. The predicted molar refractivity (Wildman–Crippen MR) is 205 cm³/mol. The van der Waals surface area contributed by atoms with E-state index in [1.807, 2.05) is 18.5 Å². The molecule has 10 nitrogen and oxygen atoms in total. The second-order valence-corrected chi connectivity index (χ2v) is 20.5. The Bertz CT molecular complexity index is 1600. The van der Waals surface area contributed by atoms with Gasteiger partial charge in [0.25, 0.3) is 5.91 Å². The van der Waals surface area contributed by atoms with Crippen molar-refractivity contribution in [1.29, 1.82) is 0 Å². The number of nitrogens with zero attached hydrogens (tertiary/aromatic N) is 3. The number of aromatic nitrogens is 3. The van der Waals surface area contributed by atoms with Gasteiger partial charge in [-0.2, -0.15) is 5.10 Å². The zero-order valence-corrected chi connectivity index (χ0v) is 34.2. The van der Waals surface area contributed by atoms with E-state index in [0.717, 1.165) is 57.8 Å². The van der Waals surface area contributed by atoms with Gasteiger partial charge in [-0.05, 0) is 111 Å². The highest BCUT2D eigenvalue weighted by Gasteiger charge is 2.73. The minimum absolute atomic E-state index is 0.0419. The molecule has 1 amide bonds. The number of allylic oxidation sites excluding steroid dienone is 1. The van der Waals surface area contributed by atoms with Gasteiger partial charge in [-0.3, -0.25) is 9.59 Å². The first-order valence-corrected chi connectivity index (χ1v) is 21.0. The van der Waals surface area contributed by atoms with E-state index in [1.165, 1.54) is 18.3 Å². The highest BCUT2D eigenvalue weighted by atomic mass is 16.5. The Morgan fingerprint density at radius 2 is 1.74 bits per heavy atom. The van der Waals surface area contributed by atoms with Gasteiger partial charge in [0.2, 0.25) is 5.82 Å². The molecule has 2 heterocycles. The second kappa shape index (κ2) is 13.4. The molecular formula is C43H69N5O5. The lowest BCUT2D eigenvalue weighted by Gasteiger charge is -2.71. The van der Waals surface area contributed by atoms with Crippen molar-refractivity contribution in [2.24, 2.45) is 62.4 Å². The summed E-state index contributed by atoms with van der Waals surface area (Å²) in [6, 6.07) is -0.295. The minimum atomic E-state index is -0.649. The quantitative estimate of drug-likeness (QED) is 0.220. The average molecular weight is 736 g/mol. The summed E-state index contributed by atoms with van der Waals surface area (Å²) in [5.41, 5.74) is 6.53. The van der Waals surface area contributed by atoms with Crippen LogP contribution >= 0.6 is 0 Å². The molecule has 11 atom stereocenters. The number of hydrogen-bond acceptors (Lipinski definition) is 7. The molecule has 296 valence electrons. The number of carbonyl (C=O) groups excluding carboxylic acids is 1. The van der Waals surface area contributed by atoms with Crippen LogP contribution in [0.4, 0.5) is 0 Å². The second-order valence-electron chi connectivity index (χ2n) is 20.5. The molecule has 5 aliphatic carbocycles. The van der Waals surface area contributed by atoms with Crippen molar-refractivity contribution in [2.45, 2.75) is 157 Å². The van der Waals surface area contributed by atoms with Crippen molar-refractivity contribution in [2.75, 3.05) is 19.8 Å². The van der Waals surface area contributed by atoms with E-state index in [9.17, 15) is 14.7 Å². The molecule has 0 spiro atoms. The van der Waals surface area contributed by atoms with Crippen molar-refractivity contribution in [1.82, 2.24) is 20.1 Å². The SMILES string of the molecule is CC(C)NC(=O)c1ncnn1[C@@H]1C[C@]2(C)COC[C@@]3(C4=CC[C@@]5(C)[C@H](C(=O)O)[C@@](C)([C@H](C)C(C)C)CC[C@]5(C)[C@H]4CC[C@H]23)[C@H]1OCC1(N)CCCCC1. The van der Waals surface area contributed by atoms with Crippen LogP contribution < -0.4 is 11.1 Å². The van der Waals surface area contributed by atoms with E-state index >= 15 is 0 Å². The number of aliphatic carboxylic acids is 1. The number of nitrogens with two attached hydrogens (primary N) is 1. The summed E-state index contributed by atoms with van der Waals surface area (Å²) in [6.45, 7) is 21.7. The van der Waals surface area contributed by atoms with Crippen molar-refractivity contribution >= 4 is 11.9 Å². The van der Waals surface area contributed by atoms with E-state index < -0.39 is 28.3 Å². The number of amides is 1. The van der Waals surface area contributed by atoms with E-state index in [2.05, 4.69) is 64.8 Å². The third kappa shape index (κ3) is 5.79. The lowest BCUT2D eigenvalue weighted by molar-refractivity contribution is -0.254. The van der Waals surface area contributed by atoms with Crippen LogP contribution in [0.1, 0.15) is 150 Å². The van der Waals surface area contributed by atoms with Gasteiger partial charge in [0.05, 0.1) is 37.9 Å². The largest absolute Gasteiger partial charge is 0.481 e. The summed E-state index contributed by atoms with van der Waals surface area (Å²) in [6.07, 6.45) is 14.3. The topological polar surface area (TPSA) is 142 Å². The summed E-state index contributed by atoms with van der Waals surface area (Å²) in [5, 5.41) is 19.0. The van der Waals surface area contributed by atoms with Crippen LogP contribution in [-0.2, 0) is 14.3 Å². The van der Waals surface area contributed by atoms with Gasteiger partial charge in [-0.1, -0.05) is 79.4 Å². The molecule has 6 aliphatic rings. The zero-order chi connectivity index (χ0) is 38.4. The standard InChI is InChI=1S/C43H69N5O5/c1-26(2)28(5)39(7)19-20-40(8)29-13-14-32-38(6)21-31(48-35(45-25-46-48)36(49)47-27(3)4)34(53-23-42(44)16-11-10-12-17-42)43(32,24-52-22-38)30(29)15-18-41(40,9)33(39)37(50)51/h15,25-29,31-34H,10-14,16-24,44H2,1-9H3,(H,47,49)(H,50,51)/t28-,29+,31-,32-,33-,34+,38-,39-,40-,41+,43+/m1/s1. The third-order valence-corrected chi connectivity index (χ3v) is 16.9. The molecule has 0 aromatic carbocycles. The Balaban J connectivity index is 1.38. The van der Waals surface area contributed by atoms with Crippen LogP contribution in [0.5, 0.6) is 0 Å². The Morgan fingerprint density at radius 1 is 1.02 bits per heavy atom. The monoisotopic (exact) mass is 736 g/mol. The number of fused-ring (bicyclic) bond motifs is 3. The molecule has 1 aromatic heterocycles. The number of ether oxygens (including phenoxy) is 2. The number of hydrogen-bond donors (Lipinski definition) is 3. The molecule has 10 heteroatoms. The molecule has 7 rings (SSSR count). The smallest absolute Gasteiger partial charge is 0.307 e. The van der Waals surface area contributed by atoms with Crippen LogP contribution in [0, 0.1) is 56.7 Å². The maximum Gasteiger partial charge on any atom is 0.307 e. The van der Waals surface area contributed by atoms with Crippen LogP contribution in [0.25, 0.3) is 0 Å². The Labute approximate surface area is 318 Å². The molecule has 1 aromatic rings. The molecule has 4 N–H and O–H groups in total. The molecule has 2 bridgehead atoms. The molecule has 5 fully saturated rings. The Kier molecular flexibility index (Phi) is 9.87. The zero-order valence-electron chi connectivity index (χ0n) is 34.2. The third-order valence-electron chi connectivity index (χ3n) is 16.9.